The lowest BCUT2D eigenvalue weighted by molar-refractivity contribution is -0.274. The van der Waals surface area contributed by atoms with Gasteiger partial charge in [0.2, 0.25) is 10.0 Å². The molecule has 6 nitrogen and oxygen atoms in total. The lowest BCUT2D eigenvalue weighted by Gasteiger charge is -2.25. The molecule has 0 bridgehead atoms. The normalized spacial score (nSPS) is 12.9. The Morgan fingerprint density at radius 2 is 1.91 bits per heavy atom. The number of nitrogens with one attached hydrogen (secondary N) is 1. The molecule has 23 heavy (non-hydrogen) atoms. The van der Waals surface area contributed by atoms with E-state index in [0.717, 1.165) is 24.3 Å². The topological polar surface area (TPSA) is 92.7 Å². The maximum Gasteiger partial charge on any atom is 0.573 e. The average Bonchev–Trinajstić information content (AvgIpc) is 2.33. The first-order valence-electron chi connectivity index (χ1n) is 6.42. The Hall–Kier alpha value is -1.81. The fourth-order valence-corrected chi connectivity index (χ4v) is 3.21. The number of benzene rings is 1. The Labute approximate surface area is 131 Å². The summed E-state index contributed by atoms with van der Waals surface area (Å²) < 4.78 is 66.9. The van der Waals surface area contributed by atoms with Crippen LogP contribution in [0.5, 0.6) is 5.75 Å². The summed E-state index contributed by atoms with van der Waals surface area (Å²) in [6.07, 6.45) is -5.18. The highest BCUT2D eigenvalue weighted by atomic mass is 32.2. The number of hydrogen-bond acceptors (Lipinski definition) is 4. The molecule has 1 aromatic rings. The summed E-state index contributed by atoms with van der Waals surface area (Å²) in [4.78, 5) is 10.1. The zero-order valence-corrected chi connectivity index (χ0v) is 13.2. The van der Waals surface area contributed by atoms with Crippen LogP contribution in [-0.4, -0.2) is 31.4 Å². The Morgan fingerprint density at radius 1 is 1.30 bits per heavy atom. The lowest BCUT2D eigenvalue weighted by atomic mass is 10.0. The zero-order chi connectivity index (χ0) is 17.9. The first kappa shape index (κ1) is 19.2. The molecule has 1 rings (SSSR count). The summed E-state index contributed by atoms with van der Waals surface area (Å²) in [6, 6.07) is 3.93. The third-order valence-electron chi connectivity index (χ3n) is 2.72. The largest absolute Gasteiger partial charge is 0.573 e. The van der Waals surface area contributed by atoms with Crippen LogP contribution >= 0.6 is 0 Å². The molecule has 10 heteroatoms. The molecule has 0 radical (unpaired) electrons. The predicted molar refractivity (Wildman–Crippen MR) is 74.4 cm³/mol. The minimum atomic E-state index is -4.93. The molecule has 0 unspecified atom stereocenters. The molecular weight excluding hydrogens is 339 g/mol. The van der Waals surface area contributed by atoms with Gasteiger partial charge in [-0.05, 0) is 32.4 Å². The molecule has 2 N–H and O–H groups in total. The third-order valence-corrected chi connectivity index (χ3v) is 4.42. The minimum absolute atomic E-state index is 0.0142. The van der Waals surface area contributed by atoms with Crippen LogP contribution in [-0.2, 0) is 14.8 Å². The van der Waals surface area contributed by atoms with E-state index in [1.54, 1.807) is 0 Å². The van der Waals surface area contributed by atoms with Crippen molar-refractivity contribution in [3.8, 4) is 5.75 Å². The van der Waals surface area contributed by atoms with Crippen LogP contribution in [0.1, 0.15) is 26.7 Å². The van der Waals surface area contributed by atoms with Crippen LogP contribution in [0.4, 0.5) is 13.2 Å². The lowest BCUT2D eigenvalue weighted by Crippen LogP contribution is -2.43. The van der Waals surface area contributed by atoms with Gasteiger partial charge in [-0.25, -0.2) is 13.1 Å². The third kappa shape index (κ3) is 6.87. The first-order chi connectivity index (χ1) is 10.3. The Morgan fingerprint density at radius 3 is 2.43 bits per heavy atom. The maximum atomic E-state index is 12.2. The Kier molecular flexibility index (Phi) is 5.65. The van der Waals surface area contributed by atoms with Gasteiger partial charge < -0.3 is 9.84 Å². The van der Waals surface area contributed by atoms with Crippen molar-refractivity contribution in [3.63, 3.8) is 0 Å². The van der Waals surface area contributed by atoms with E-state index >= 15 is 0 Å². The van der Waals surface area contributed by atoms with Gasteiger partial charge >= 0.3 is 12.3 Å². The van der Waals surface area contributed by atoms with Crippen molar-refractivity contribution in [1.82, 2.24) is 4.72 Å². The highest BCUT2D eigenvalue weighted by molar-refractivity contribution is 7.89. The highest BCUT2D eigenvalue weighted by Crippen LogP contribution is 2.25. The molecule has 0 aromatic heterocycles. The number of hydrogen-bond donors (Lipinski definition) is 2. The van der Waals surface area contributed by atoms with Gasteiger partial charge in [0.25, 0.3) is 0 Å². The van der Waals surface area contributed by atoms with E-state index in [1.807, 2.05) is 0 Å². The second-order valence-corrected chi connectivity index (χ2v) is 7.09. The molecule has 0 fully saturated rings. The number of halogens is 3. The van der Waals surface area contributed by atoms with Crippen LogP contribution < -0.4 is 9.46 Å². The fraction of sp³-hybridized carbons (Fsp3) is 0.462. The smallest absolute Gasteiger partial charge is 0.481 e. The van der Waals surface area contributed by atoms with Crippen molar-refractivity contribution in [2.45, 2.75) is 43.5 Å². The molecule has 0 spiro atoms. The van der Waals surface area contributed by atoms with E-state index in [4.69, 9.17) is 5.11 Å². The number of alkyl halides is 3. The van der Waals surface area contributed by atoms with Gasteiger partial charge in [-0.2, -0.15) is 0 Å². The van der Waals surface area contributed by atoms with Crippen LogP contribution in [0.3, 0.4) is 0 Å². The number of rotatable bonds is 7. The van der Waals surface area contributed by atoms with Gasteiger partial charge in [-0.1, -0.05) is 6.07 Å². The van der Waals surface area contributed by atoms with Gasteiger partial charge in [0.1, 0.15) is 5.75 Å². The van der Waals surface area contributed by atoms with E-state index in [2.05, 4.69) is 9.46 Å². The SMILES string of the molecule is CC(C)(CCC(=O)O)NS(=O)(=O)c1cccc(OC(F)(F)F)c1. The van der Waals surface area contributed by atoms with Crippen LogP contribution in [0.2, 0.25) is 0 Å². The van der Waals surface area contributed by atoms with Crippen molar-refractivity contribution in [3.05, 3.63) is 24.3 Å². The maximum absolute atomic E-state index is 12.2. The van der Waals surface area contributed by atoms with E-state index in [-0.39, 0.29) is 12.8 Å². The van der Waals surface area contributed by atoms with Crippen molar-refractivity contribution in [2.24, 2.45) is 0 Å². The van der Waals surface area contributed by atoms with Crippen molar-refractivity contribution >= 4 is 16.0 Å². The summed E-state index contributed by atoms with van der Waals surface area (Å²) in [5, 5.41) is 8.64. The highest BCUT2D eigenvalue weighted by Gasteiger charge is 2.32. The van der Waals surface area contributed by atoms with Gasteiger partial charge in [0.15, 0.2) is 0 Å². The number of sulfonamides is 1. The van der Waals surface area contributed by atoms with Crippen molar-refractivity contribution in [2.75, 3.05) is 0 Å². The van der Waals surface area contributed by atoms with Gasteiger partial charge in [0, 0.05) is 18.0 Å². The van der Waals surface area contributed by atoms with Crippen LogP contribution in [0, 0.1) is 0 Å². The number of carbonyl (C=O) groups is 1. The predicted octanol–water partition coefficient (Wildman–Crippen LogP) is 2.51. The summed E-state index contributed by atoms with van der Waals surface area (Å²) in [5.41, 5.74) is -1.09. The average molecular weight is 355 g/mol. The number of carboxylic acid groups (broad SMARTS) is 1. The molecule has 1 aromatic carbocycles. The van der Waals surface area contributed by atoms with Crippen molar-refractivity contribution in [1.29, 1.82) is 0 Å². The second kappa shape index (κ2) is 6.75. The number of carboxylic acids is 1. The van der Waals surface area contributed by atoms with Gasteiger partial charge in [0.05, 0.1) is 4.90 Å². The van der Waals surface area contributed by atoms with Gasteiger partial charge in [-0.3, -0.25) is 4.79 Å². The Balaban J connectivity index is 2.96. The number of aliphatic carboxylic acids is 1. The first-order valence-corrected chi connectivity index (χ1v) is 7.91. The molecule has 130 valence electrons. The molecule has 0 aliphatic rings. The number of ether oxygens (including phenoxy) is 1. The van der Waals surface area contributed by atoms with E-state index in [1.165, 1.54) is 13.8 Å². The fourth-order valence-electron chi connectivity index (χ4n) is 1.73. The van der Waals surface area contributed by atoms with E-state index < -0.39 is 38.5 Å². The minimum Gasteiger partial charge on any atom is -0.481 e. The molecule has 0 saturated heterocycles. The summed E-state index contributed by atoms with van der Waals surface area (Å²) in [6.45, 7) is 2.95. The molecule has 0 aliphatic heterocycles. The van der Waals surface area contributed by atoms with E-state index in [9.17, 15) is 26.4 Å². The van der Waals surface area contributed by atoms with Crippen LogP contribution in [0.15, 0.2) is 29.2 Å². The van der Waals surface area contributed by atoms with Gasteiger partial charge in [-0.15, -0.1) is 13.2 Å². The van der Waals surface area contributed by atoms with Crippen molar-refractivity contribution < 1.29 is 36.2 Å². The Bertz CT molecular complexity index is 670. The molecule has 0 atom stereocenters. The molecule has 0 amide bonds. The quantitative estimate of drug-likeness (QED) is 0.784. The molecular formula is C13H16F3NO5S. The zero-order valence-electron chi connectivity index (χ0n) is 12.3. The summed E-state index contributed by atoms with van der Waals surface area (Å²) in [5.74, 6) is -1.75. The molecule has 0 aliphatic carbocycles. The summed E-state index contributed by atoms with van der Waals surface area (Å²) in [7, 11) is -4.13. The second-order valence-electron chi connectivity index (χ2n) is 5.41. The monoisotopic (exact) mass is 355 g/mol. The molecule has 0 heterocycles. The standard InChI is InChI=1S/C13H16F3NO5S/c1-12(2,7-6-11(18)19)17-23(20,21)10-5-3-4-9(8-10)22-13(14,15)16/h3-5,8,17H,6-7H2,1-2H3,(H,18,19). The van der Waals surface area contributed by atoms with E-state index in [0.29, 0.717) is 0 Å². The summed E-state index contributed by atoms with van der Waals surface area (Å²) >= 11 is 0. The molecule has 0 saturated carbocycles. The van der Waals surface area contributed by atoms with Crippen LogP contribution in [0.25, 0.3) is 0 Å².